The Balaban J connectivity index is 1.91. The second-order valence-corrected chi connectivity index (χ2v) is 6.11. The van der Waals surface area contributed by atoms with E-state index in [1.807, 2.05) is 33.8 Å². The van der Waals surface area contributed by atoms with Crippen LogP contribution < -0.4 is 5.73 Å². The lowest BCUT2D eigenvalue weighted by Gasteiger charge is -2.43. The average molecular weight is 255 g/mol. The fourth-order valence-electron chi connectivity index (χ4n) is 2.87. The van der Waals surface area contributed by atoms with E-state index in [9.17, 15) is 0 Å². The smallest absolute Gasteiger partial charge is 0.164 e. The number of fused-ring (bicyclic) bond motifs is 3. The number of hydrogen-bond donors (Lipinski definition) is 1. The first kappa shape index (κ1) is 12.6. The standard InChI is InChI=1S/C13H21NO4/c1-12(2)15-6-7-5-8(14)10-11(9(7)16-12)18-13(3,4)17-10/h5,8-11H,6,14H2,1-4H3/t8-,9+,10-,11?/m1/s1. The molecule has 0 saturated carbocycles. The molecular weight excluding hydrogens is 234 g/mol. The fourth-order valence-corrected chi connectivity index (χ4v) is 2.87. The van der Waals surface area contributed by atoms with E-state index in [-0.39, 0.29) is 24.4 Å². The highest BCUT2D eigenvalue weighted by Gasteiger charge is 2.53. The third-order valence-electron chi connectivity index (χ3n) is 3.61. The topological polar surface area (TPSA) is 62.9 Å². The van der Waals surface area contributed by atoms with Gasteiger partial charge in [0.05, 0.1) is 12.6 Å². The molecule has 2 fully saturated rings. The minimum absolute atomic E-state index is 0.125. The van der Waals surface area contributed by atoms with E-state index in [0.29, 0.717) is 6.61 Å². The van der Waals surface area contributed by atoms with Gasteiger partial charge in [-0.2, -0.15) is 0 Å². The summed E-state index contributed by atoms with van der Waals surface area (Å²) in [6.45, 7) is 8.17. The van der Waals surface area contributed by atoms with Crippen molar-refractivity contribution < 1.29 is 18.9 Å². The zero-order valence-electron chi connectivity index (χ0n) is 11.3. The molecule has 0 aromatic carbocycles. The van der Waals surface area contributed by atoms with Crippen molar-refractivity contribution in [3.63, 3.8) is 0 Å². The molecule has 3 aliphatic rings. The first-order valence-corrected chi connectivity index (χ1v) is 6.41. The minimum atomic E-state index is -0.609. The summed E-state index contributed by atoms with van der Waals surface area (Å²) in [5, 5.41) is 0. The molecule has 18 heavy (non-hydrogen) atoms. The molecule has 4 atom stereocenters. The van der Waals surface area contributed by atoms with Gasteiger partial charge in [0.25, 0.3) is 0 Å². The molecule has 2 saturated heterocycles. The summed E-state index contributed by atoms with van der Waals surface area (Å²) >= 11 is 0. The second-order valence-electron chi connectivity index (χ2n) is 6.11. The van der Waals surface area contributed by atoms with E-state index >= 15 is 0 Å². The number of rotatable bonds is 0. The predicted molar refractivity (Wildman–Crippen MR) is 64.8 cm³/mol. The molecule has 5 nitrogen and oxygen atoms in total. The molecule has 0 bridgehead atoms. The Kier molecular flexibility index (Phi) is 2.63. The first-order chi connectivity index (χ1) is 8.27. The van der Waals surface area contributed by atoms with Crippen molar-refractivity contribution in [3.8, 4) is 0 Å². The summed E-state index contributed by atoms with van der Waals surface area (Å²) in [7, 11) is 0. The molecule has 2 aliphatic heterocycles. The molecular formula is C13H21NO4. The van der Waals surface area contributed by atoms with Crippen molar-refractivity contribution in [1.82, 2.24) is 0 Å². The maximum atomic E-state index is 6.12. The van der Waals surface area contributed by atoms with Crippen LogP contribution in [0, 0.1) is 0 Å². The summed E-state index contributed by atoms with van der Waals surface area (Å²) in [5.74, 6) is -1.20. The first-order valence-electron chi connectivity index (χ1n) is 6.41. The van der Waals surface area contributed by atoms with E-state index in [0.717, 1.165) is 5.57 Å². The lowest BCUT2D eigenvalue weighted by Crippen LogP contribution is -2.56. The van der Waals surface area contributed by atoms with E-state index in [1.54, 1.807) is 0 Å². The van der Waals surface area contributed by atoms with Gasteiger partial charge in [0, 0.05) is 0 Å². The molecule has 0 aromatic heterocycles. The van der Waals surface area contributed by atoms with E-state index in [1.165, 1.54) is 0 Å². The SMILES string of the molecule is CC1(C)OCC2=C[C@@H](N)[C@H]3OC(C)(C)OC3[C@H]2O1. The maximum absolute atomic E-state index is 6.12. The van der Waals surface area contributed by atoms with E-state index in [4.69, 9.17) is 24.7 Å². The Morgan fingerprint density at radius 3 is 2.44 bits per heavy atom. The predicted octanol–water partition coefficient (Wildman–Crippen LogP) is 0.925. The fraction of sp³-hybridized carbons (Fsp3) is 0.846. The van der Waals surface area contributed by atoms with Crippen LogP contribution in [0.2, 0.25) is 0 Å². The molecule has 3 rings (SSSR count). The van der Waals surface area contributed by atoms with Crippen LogP contribution in [0.15, 0.2) is 11.6 Å². The van der Waals surface area contributed by atoms with Crippen LogP contribution in [-0.2, 0) is 18.9 Å². The van der Waals surface area contributed by atoms with Crippen molar-refractivity contribution in [3.05, 3.63) is 11.6 Å². The van der Waals surface area contributed by atoms with Crippen molar-refractivity contribution in [2.24, 2.45) is 5.73 Å². The Morgan fingerprint density at radius 1 is 1.06 bits per heavy atom. The van der Waals surface area contributed by atoms with E-state index in [2.05, 4.69) is 0 Å². The van der Waals surface area contributed by atoms with Gasteiger partial charge in [0.2, 0.25) is 0 Å². The maximum Gasteiger partial charge on any atom is 0.164 e. The highest BCUT2D eigenvalue weighted by Crippen LogP contribution is 2.41. The Hall–Kier alpha value is -0.460. The van der Waals surface area contributed by atoms with Crippen LogP contribution in [0.3, 0.4) is 0 Å². The Labute approximate surface area is 107 Å². The van der Waals surface area contributed by atoms with Crippen LogP contribution in [0.5, 0.6) is 0 Å². The van der Waals surface area contributed by atoms with Crippen molar-refractivity contribution in [2.45, 2.75) is 63.6 Å². The minimum Gasteiger partial charge on any atom is -0.346 e. The van der Waals surface area contributed by atoms with Gasteiger partial charge in [-0.15, -0.1) is 0 Å². The van der Waals surface area contributed by atoms with Gasteiger partial charge in [-0.3, -0.25) is 0 Å². The molecule has 0 radical (unpaired) electrons. The second kappa shape index (κ2) is 3.77. The van der Waals surface area contributed by atoms with Gasteiger partial charge in [-0.1, -0.05) is 6.08 Å². The summed E-state index contributed by atoms with van der Waals surface area (Å²) in [6.07, 6.45) is 1.56. The van der Waals surface area contributed by atoms with Gasteiger partial charge in [-0.25, -0.2) is 0 Å². The summed E-state index contributed by atoms with van der Waals surface area (Å²) in [5.41, 5.74) is 7.18. The summed E-state index contributed by atoms with van der Waals surface area (Å²) in [4.78, 5) is 0. The largest absolute Gasteiger partial charge is 0.346 e. The van der Waals surface area contributed by atoms with Gasteiger partial charge in [-0.05, 0) is 33.3 Å². The molecule has 2 heterocycles. The van der Waals surface area contributed by atoms with Gasteiger partial charge >= 0.3 is 0 Å². The summed E-state index contributed by atoms with van der Waals surface area (Å²) in [6, 6.07) is -0.170. The molecule has 0 amide bonds. The van der Waals surface area contributed by atoms with Crippen LogP contribution in [0.25, 0.3) is 0 Å². The molecule has 5 heteroatoms. The van der Waals surface area contributed by atoms with E-state index < -0.39 is 11.6 Å². The van der Waals surface area contributed by atoms with Crippen LogP contribution in [0.4, 0.5) is 0 Å². The Bertz CT molecular complexity index is 390. The summed E-state index contributed by atoms with van der Waals surface area (Å²) < 4.78 is 23.5. The zero-order valence-corrected chi connectivity index (χ0v) is 11.3. The van der Waals surface area contributed by atoms with Gasteiger partial charge in [0.15, 0.2) is 11.6 Å². The highest BCUT2D eigenvalue weighted by atomic mass is 16.8. The number of hydrogen-bond acceptors (Lipinski definition) is 5. The van der Waals surface area contributed by atoms with Gasteiger partial charge in [0.1, 0.15) is 18.3 Å². The third-order valence-corrected chi connectivity index (χ3v) is 3.61. The average Bonchev–Trinajstić information content (AvgIpc) is 2.56. The van der Waals surface area contributed by atoms with Crippen LogP contribution >= 0.6 is 0 Å². The quantitative estimate of drug-likeness (QED) is 0.652. The monoisotopic (exact) mass is 255 g/mol. The molecule has 0 aromatic rings. The van der Waals surface area contributed by atoms with Crippen LogP contribution in [0.1, 0.15) is 27.7 Å². The number of nitrogens with two attached hydrogens (primary N) is 1. The van der Waals surface area contributed by atoms with Crippen molar-refractivity contribution in [2.75, 3.05) is 6.61 Å². The number of ether oxygens (including phenoxy) is 4. The lowest BCUT2D eigenvalue weighted by atomic mass is 9.88. The molecule has 2 N–H and O–H groups in total. The Morgan fingerprint density at radius 2 is 1.72 bits per heavy atom. The van der Waals surface area contributed by atoms with Crippen LogP contribution in [-0.4, -0.2) is 42.5 Å². The van der Waals surface area contributed by atoms with Crippen molar-refractivity contribution >= 4 is 0 Å². The molecule has 102 valence electrons. The highest BCUT2D eigenvalue weighted by molar-refractivity contribution is 5.25. The molecule has 1 aliphatic carbocycles. The normalized spacial score (nSPS) is 45.1. The lowest BCUT2D eigenvalue weighted by molar-refractivity contribution is -0.273. The van der Waals surface area contributed by atoms with Crippen molar-refractivity contribution in [1.29, 1.82) is 0 Å². The third kappa shape index (κ3) is 2.00. The zero-order chi connectivity index (χ0) is 13.1. The van der Waals surface area contributed by atoms with Gasteiger partial charge < -0.3 is 24.7 Å². The molecule has 1 unspecified atom stereocenters. The molecule has 0 spiro atoms.